The number of carboxylic acids is 1. The van der Waals surface area contributed by atoms with Gasteiger partial charge in [0.25, 0.3) is 0 Å². The summed E-state index contributed by atoms with van der Waals surface area (Å²) in [5.41, 5.74) is 1.41. The molecule has 1 fully saturated rings. The Labute approximate surface area is 248 Å². The number of hydrogen-bond donors (Lipinski definition) is 1. The summed E-state index contributed by atoms with van der Waals surface area (Å²) < 4.78 is 57.5. The number of rotatable bonds is 9. The Kier molecular flexibility index (Phi) is 10.4. The highest BCUT2D eigenvalue weighted by atomic mass is 32.2. The molecule has 0 unspecified atom stereocenters. The minimum Gasteiger partial charge on any atom is -0.489 e. The maximum atomic E-state index is 12.9. The lowest BCUT2D eigenvalue weighted by molar-refractivity contribution is -0.0328. The molecule has 0 spiro atoms. The van der Waals surface area contributed by atoms with Crippen LogP contribution >= 0.6 is 11.8 Å². The molecule has 3 aromatic carbocycles. The van der Waals surface area contributed by atoms with Crippen LogP contribution < -0.4 is 4.74 Å². The second kappa shape index (κ2) is 13.8. The predicted octanol–water partition coefficient (Wildman–Crippen LogP) is 8.74. The molecule has 1 N–H and O–H groups in total. The van der Waals surface area contributed by atoms with Crippen LogP contribution in [0.5, 0.6) is 5.75 Å². The first-order chi connectivity index (χ1) is 19.7. The molecule has 0 amide bonds. The molecule has 5 rings (SSSR count). The number of aromatic carboxylic acids is 1. The zero-order valence-electron chi connectivity index (χ0n) is 22.4. The van der Waals surface area contributed by atoms with E-state index in [9.17, 15) is 27.5 Å². The molecule has 42 heavy (non-hydrogen) atoms. The van der Waals surface area contributed by atoms with Gasteiger partial charge in [0, 0.05) is 24.5 Å². The van der Waals surface area contributed by atoms with E-state index in [0.717, 1.165) is 71.6 Å². The van der Waals surface area contributed by atoms with Crippen LogP contribution in [0.4, 0.5) is 17.6 Å². The number of nitrogens with zero attached hydrogens (tertiary/aromatic N) is 1. The smallest absolute Gasteiger partial charge is 0.446 e. The lowest BCUT2D eigenvalue weighted by atomic mass is 9.87. The Balaban J connectivity index is 0.00000405. The van der Waals surface area contributed by atoms with Crippen molar-refractivity contribution >= 4 is 28.9 Å². The molecule has 1 aliphatic heterocycles. The largest absolute Gasteiger partial charge is 0.489 e. The predicted molar refractivity (Wildman–Crippen MR) is 160 cm³/mol. The highest BCUT2D eigenvalue weighted by Gasteiger charge is 2.29. The average molecular weight is 602 g/mol. The van der Waals surface area contributed by atoms with Crippen LogP contribution in [0.2, 0.25) is 0 Å². The molecule has 0 radical (unpaired) electrons. The number of halogens is 4. The Morgan fingerprint density at radius 2 is 1.71 bits per heavy atom. The Morgan fingerprint density at radius 1 is 1.00 bits per heavy atom. The minimum absolute atomic E-state index is 0. The van der Waals surface area contributed by atoms with Gasteiger partial charge in [-0.3, -0.25) is 9.29 Å². The maximum absolute atomic E-state index is 12.9. The molecule has 1 saturated heterocycles. The number of carbonyl (C=O) groups is 1. The number of allylic oxidation sites excluding steroid dienone is 1. The molecule has 4 nitrogen and oxygen atoms in total. The number of hydrogen-bond acceptors (Lipinski definition) is 4. The monoisotopic (exact) mass is 601 g/mol. The van der Waals surface area contributed by atoms with Crippen molar-refractivity contribution in [3.63, 3.8) is 0 Å². The van der Waals surface area contributed by atoms with Gasteiger partial charge < -0.3 is 9.84 Å². The van der Waals surface area contributed by atoms with E-state index < -0.39 is 11.5 Å². The summed E-state index contributed by atoms with van der Waals surface area (Å²) in [7, 11) is 0. The van der Waals surface area contributed by atoms with E-state index in [2.05, 4.69) is 4.90 Å². The van der Waals surface area contributed by atoms with Crippen LogP contribution in [0.15, 0.2) is 71.6 Å². The van der Waals surface area contributed by atoms with Gasteiger partial charge in [0.05, 0.1) is 12.2 Å². The summed E-state index contributed by atoms with van der Waals surface area (Å²) in [6, 6.07) is 19.4. The minimum atomic E-state index is -4.36. The highest BCUT2D eigenvalue weighted by Crippen LogP contribution is 2.42. The third-order valence-electron chi connectivity index (χ3n) is 7.52. The second-order valence-corrected chi connectivity index (χ2v) is 11.5. The third-order valence-corrected chi connectivity index (χ3v) is 8.25. The lowest BCUT2D eigenvalue weighted by Crippen LogP contribution is -2.26. The Bertz CT molecular complexity index is 1400. The summed E-state index contributed by atoms with van der Waals surface area (Å²) in [5, 5.41) is 9.56. The maximum Gasteiger partial charge on any atom is 0.446 e. The van der Waals surface area contributed by atoms with Gasteiger partial charge in [-0.25, -0.2) is 4.79 Å². The van der Waals surface area contributed by atoms with Crippen molar-refractivity contribution in [3.05, 3.63) is 94.5 Å². The first-order valence-corrected chi connectivity index (χ1v) is 14.5. The van der Waals surface area contributed by atoms with Gasteiger partial charge in [0.15, 0.2) is 0 Å². The van der Waals surface area contributed by atoms with Crippen LogP contribution in [0, 0.1) is 0 Å². The second-order valence-electron chi connectivity index (χ2n) is 10.4. The summed E-state index contributed by atoms with van der Waals surface area (Å²) in [5.74, 6) is -0.255. The summed E-state index contributed by atoms with van der Waals surface area (Å²) in [6.45, 7) is 2.05. The van der Waals surface area contributed by atoms with E-state index in [4.69, 9.17) is 4.74 Å². The highest BCUT2D eigenvalue weighted by molar-refractivity contribution is 8.00. The van der Waals surface area contributed by atoms with E-state index in [1.807, 2.05) is 30.3 Å². The number of thioether (sulfide) groups is 1. The number of benzene rings is 3. The van der Waals surface area contributed by atoms with E-state index >= 15 is 0 Å². The zero-order valence-corrected chi connectivity index (χ0v) is 23.2. The van der Waals surface area contributed by atoms with E-state index in [1.54, 1.807) is 24.3 Å². The van der Waals surface area contributed by atoms with Crippen LogP contribution in [0.25, 0.3) is 11.1 Å². The summed E-state index contributed by atoms with van der Waals surface area (Å²) in [6.07, 6.45) is 3.59. The van der Waals surface area contributed by atoms with Crippen molar-refractivity contribution in [1.82, 2.24) is 4.90 Å². The van der Waals surface area contributed by atoms with Gasteiger partial charge in [0.2, 0.25) is 0 Å². The van der Waals surface area contributed by atoms with Crippen molar-refractivity contribution in [3.8, 4) is 5.75 Å². The molecule has 0 bridgehead atoms. The fraction of sp³-hybridized carbons (Fsp3) is 0.364. The SMILES string of the molecule is C.O=C(O)c1ccc2c(c1)CCCC(c1ccc(SC(F)(F)F)cc1)=C2c1ccc(O[C@H]2CCN(CCCF)C2)cc1. The van der Waals surface area contributed by atoms with Crippen molar-refractivity contribution in [2.75, 3.05) is 26.3 Å². The molecule has 9 heteroatoms. The number of ether oxygens (including phenoxy) is 1. The zero-order chi connectivity index (χ0) is 29.0. The van der Waals surface area contributed by atoms with Gasteiger partial charge in [-0.15, -0.1) is 0 Å². The molecule has 1 aliphatic carbocycles. The first kappa shape index (κ1) is 31.6. The Hall–Kier alpha value is -3.30. The average Bonchev–Trinajstić information content (AvgIpc) is 3.30. The molecule has 0 saturated carbocycles. The van der Waals surface area contributed by atoms with Crippen LogP contribution in [-0.2, 0) is 6.42 Å². The lowest BCUT2D eigenvalue weighted by Gasteiger charge is -2.19. The summed E-state index contributed by atoms with van der Waals surface area (Å²) >= 11 is -0.137. The molecule has 3 aromatic rings. The summed E-state index contributed by atoms with van der Waals surface area (Å²) in [4.78, 5) is 14.0. The van der Waals surface area contributed by atoms with Crippen LogP contribution in [-0.4, -0.2) is 53.9 Å². The van der Waals surface area contributed by atoms with E-state index in [-0.39, 0.29) is 42.4 Å². The van der Waals surface area contributed by atoms with Crippen molar-refractivity contribution in [2.24, 2.45) is 0 Å². The normalized spacial score (nSPS) is 17.4. The topological polar surface area (TPSA) is 49.8 Å². The third kappa shape index (κ3) is 7.75. The molecule has 0 aromatic heterocycles. The van der Waals surface area contributed by atoms with Gasteiger partial charge in [-0.1, -0.05) is 37.8 Å². The molecule has 224 valence electrons. The number of carboxylic acid groups (broad SMARTS) is 1. The van der Waals surface area contributed by atoms with Crippen LogP contribution in [0.3, 0.4) is 0 Å². The molecular formula is C33H35F4NO3S. The van der Waals surface area contributed by atoms with Crippen molar-refractivity contribution < 1.29 is 32.2 Å². The molecular weight excluding hydrogens is 566 g/mol. The molecule has 1 heterocycles. The number of fused-ring (bicyclic) bond motifs is 1. The van der Waals surface area contributed by atoms with Gasteiger partial charge >= 0.3 is 11.5 Å². The van der Waals surface area contributed by atoms with E-state index in [0.29, 0.717) is 19.3 Å². The van der Waals surface area contributed by atoms with Crippen molar-refractivity contribution in [2.45, 2.75) is 56.0 Å². The van der Waals surface area contributed by atoms with Gasteiger partial charge in [-0.05, 0) is 114 Å². The number of alkyl halides is 4. The number of aryl methyl sites for hydroxylation is 1. The number of likely N-dealkylation sites (tertiary alicyclic amines) is 1. The fourth-order valence-electron chi connectivity index (χ4n) is 5.67. The standard InChI is InChI=1S/C32H31F4NO3S.CH4/c33-16-2-17-37-18-15-26(20-37)40-25-10-5-22(6-11-25)30-28(21-7-12-27(13-8-21)41-32(34,35)36)4-1-3-23-19-24(31(38)39)9-14-29(23)30;/h5-14,19,26H,1-4,15-18,20H2,(H,38,39);1H4/t26-;/m0./s1. The quantitative estimate of drug-likeness (QED) is 0.196. The Morgan fingerprint density at radius 3 is 2.38 bits per heavy atom. The van der Waals surface area contributed by atoms with Gasteiger partial charge in [-0.2, -0.15) is 13.2 Å². The fourth-order valence-corrected chi connectivity index (χ4v) is 6.21. The van der Waals surface area contributed by atoms with Crippen LogP contribution in [0.1, 0.15) is 65.7 Å². The first-order valence-electron chi connectivity index (χ1n) is 13.7. The van der Waals surface area contributed by atoms with Crippen molar-refractivity contribution in [1.29, 1.82) is 0 Å². The van der Waals surface area contributed by atoms with E-state index in [1.165, 1.54) is 12.1 Å². The van der Waals surface area contributed by atoms with Gasteiger partial charge in [0.1, 0.15) is 11.9 Å². The molecule has 2 aliphatic rings. The molecule has 1 atom stereocenters.